The normalized spacial score (nSPS) is 10.9. The number of pyridine rings is 1. The van der Waals surface area contributed by atoms with Gasteiger partial charge in [0.05, 0.1) is 18.2 Å². The van der Waals surface area contributed by atoms with Crippen molar-refractivity contribution in [2.45, 2.75) is 0 Å². The first-order valence-electron chi connectivity index (χ1n) is 5.38. The molecule has 84 valence electrons. The molecule has 1 aromatic carbocycles. The molecular weight excluding hydrogens is 214 g/mol. The molecule has 17 heavy (non-hydrogen) atoms. The Morgan fingerprint density at radius 2 is 2.00 bits per heavy atom. The SMILES string of the molecule is COC(=O)c1cc2ccc3ccccc3n2c1. The van der Waals surface area contributed by atoms with Crippen LogP contribution >= 0.6 is 0 Å². The summed E-state index contributed by atoms with van der Waals surface area (Å²) < 4.78 is 6.73. The van der Waals surface area contributed by atoms with Crippen molar-refractivity contribution in [2.24, 2.45) is 0 Å². The van der Waals surface area contributed by atoms with E-state index in [4.69, 9.17) is 4.74 Å². The third-order valence-electron chi connectivity index (χ3n) is 2.90. The number of hydrogen-bond acceptors (Lipinski definition) is 2. The standard InChI is InChI=1S/C14H11NO2/c1-17-14(16)11-8-12-7-6-10-4-2-3-5-13(10)15(12)9-11/h2-9H,1H3. The first-order valence-corrected chi connectivity index (χ1v) is 5.38. The van der Waals surface area contributed by atoms with E-state index >= 15 is 0 Å². The molecule has 3 rings (SSSR count). The Balaban J connectivity index is 2.35. The number of esters is 1. The van der Waals surface area contributed by atoms with Crippen molar-refractivity contribution in [3.63, 3.8) is 0 Å². The van der Waals surface area contributed by atoms with E-state index in [0.29, 0.717) is 5.56 Å². The lowest BCUT2D eigenvalue weighted by Crippen LogP contribution is -1.98. The number of carbonyl (C=O) groups excluding carboxylic acids is 1. The van der Waals surface area contributed by atoms with Crippen LogP contribution in [-0.4, -0.2) is 17.5 Å². The molecule has 0 fully saturated rings. The fourth-order valence-corrected chi connectivity index (χ4v) is 2.07. The number of fused-ring (bicyclic) bond motifs is 3. The van der Waals surface area contributed by atoms with Crippen molar-refractivity contribution < 1.29 is 9.53 Å². The van der Waals surface area contributed by atoms with Crippen LogP contribution in [0.25, 0.3) is 16.4 Å². The van der Waals surface area contributed by atoms with Crippen molar-refractivity contribution >= 4 is 22.4 Å². The maximum atomic E-state index is 11.5. The second kappa shape index (κ2) is 3.63. The zero-order chi connectivity index (χ0) is 11.8. The zero-order valence-electron chi connectivity index (χ0n) is 9.38. The minimum absolute atomic E-state index is 0.308. The van der Waals surface area contributed by atoms with Crippen LogP contribution in [0, 0.1) is 0 Å². The molecule has 0 saturated carbocycles. The van der Waals surface area contributed by atoms with E-state index in [0.717, 1.165) is 16.4 Å². The highest BCUT2D eigenvalue weighted by Gasteiger charge is 2.09. The maximum Gasteiger partial charge on any atom is 0.339 e. The van der Waals surface area contributed by atoms with Crippen LogP contribution in [0.4, 0.5) is 0 Å². The van der Waals surface area contributed by atoms with Gasteiger partial charge in [-0.3, -0.25) is 0 Å². The van der Waals surface area contributed by atoms with Gasteiger partial charge in [-0.1, -0.05) is 24.3 Å². The van der Waals surface area contributed by atoms with Crippen molar-refractivity contribution in [2.75, 3.05) is 7.11 Å². The highest BCUT2D eigenvalue weighted by molar-refractivity contribution is 5.93. The summed E-state index contributed by atoms with van der Waals surface area (Å²) in [5, 5.41) is 1.15. The van der Waals surface area contributed by atoms with E-state index in [1.54, 1.807) is 0 Å². The lowest BCUT2D eigenvalue weighted by molar-refractivity contribution is 0.0601. The Kier molecular flexibility index (Phi) is 2.11. The van der Waals surface area contributed by atoms with Crippen LogP contribution < -0.4 is 0 Å². The lowest BCUT2D eigenvalue weighted by Gasteiger charge is -2.01. The number of benzene rings is 1. The second-order valence-corrected chi connectivity index (χ2v) is 3.91. The molecule has 3 heteroatoms. The minimum Gasteiger partial charge on any atom is -0.465 e. The van der Waals surface area contributed by atoms with Crippen molar-refractivity contribution in [3.8, 4) is 0 Å². The summed E-state index contributed by atoms with van der Waals surface area (Å²) in [6, 6.07) is 13.9. The molecule has 0 unspecified atom stereocenters. The number of ether oxygens (including phenoxy) is 1. The van der Waals surface area contributed by atoms with Crippen LogP contribution in [0.1, 0.15) is 10.4 Å². The van der Waals surface area contributed by atoms with Crippen molar-refractivity contribution in [1.29, 1.82) is 0 Å². The predicted octanol–water partition coefficient (Wildman–Crippen LogP) is 2.88. The second-order valence-electron chi connectivity index (χ2n) is 3.91. The largest absolute Gasteiger partial charge is 0.465 e. The first kappa shape index (κ1) is 9.90. The van der Waals surface area contributed by atoms with Crippen molar-refractivity contribution in [3.05, 3.63) is 54.2 Å². The van der Waals surface area contributed by atoms with Gasteiger partial charge in [0.1, 0.15) is 0 Å². The Bertz CT molecular complexity index is 712. The van der Waals surface area contributed by atoms with Gasteiger partial charge in [-0.05, 0) is 23.6 Å². The van der Waals surface area contributed by atoms with E-state index < -0.39 is 0 Å². The van der Waals surface area contributed by atoms with Gasteiger partial charge < -0.3 is 9.14 Å². The number of methoxy groups -OCH3 is 1. The highest BCUT2D eigenvalue weighted by Crippen LogP contribution is 2.19. The molecule has 2 aromatic heterocycles. The molecule has 0 aliphatic rings. The number of nitrogens with zero attached hydrogens (tertiary/aromatic N) is 1. The van der Waals surface area contributed by atoms with Gasteiger partial charge in [-0.15, -0.1) is 0 Å². The van der Waals surface area contributed by atoms with Gasteiger partial charge in [0.25, 0.3) is 0 Å². The smallest absolute Gasteiger partial charge is 0.339 e. The van der Waals surface area contributed by atoms with E-state index in [2.05, 4.69) is 0 Å². The lowest BCUT2D eigenvalue weighted by atomic mass is 10.2. The molecule has 0 saturated heterocycles. The summed E-state index contributed by atoms with van der Waals surface area (Å²) >= 11 is 0. The third kappa shape index (κ3) is 1.47. The number of carbonyl (C=O) groups is 1. The quantitative estimate of drug-likeness (QED) is 0.596. The van der Waals surface area contributed by atoms with E-state index in [-0.39, 0.29) is 5.97 Å². The Labute approximate surface area is 98.2 Å². The summed E-state index contributed by atoms with van der Waals surface area (Å²) in [5.41, 5.74) is 2.65. The van der Waals surface area contributed by atoms with E-state index in [9.17, 15) is 4.79 Å². The molecule has 0 aliphatic heterocycles. The molecular formula is C14H11NO2. The monoisotopic (exact) mass is 225 g/mol. The number of aromatic nitrogens is 1. The fourth-order valence-electron chi connectivity index (χ4n) is 2.07. The molecule has 3 aromatic rings. The van der Waals surface area contributed by atoms with Crippen LogP contribution in [0.2, 0.25) is 0 Å². The van der Waals surface area contributed by atoms with Crippen LogP contribution in [0.15, 0.2) is 48.7 Å². The molecule has 0 bridgehead atoms. The van der Waals surface area contributed by atoms with Crippen molar-refractivity contribution in [1.82, 2.24) is 4.40 Å². The average molecular weight is 225 g/mol. The summed E-state index contributed by atoms with van der Waals surface area (Å²) in [6.45, 7) is 0. The van der Waals surface area contributed by atoms with Gasteiger partial charge in [-0.2, -0.15) is 0 Å². The van der Waals surface area contributed by atoms with Gasteiger partial charge >= 0.3 is 5.97 Å². The van der Waals surface area contributed by atoms with Gasteiger partial charge in [0.2, 0.25) is 0 Å². The first-order chi connectivity index (χ1) is 8.29. The highest BCUT2D eigenvalue weighted by atomic mass is 16.5. The summed E-state index contributed by atoms with van der Waals surface area (Å²) in [6.07, 6.45) is 1.81. The number of hydrogen-bond donors (Lipinski definition) is 0. The summed E-state index contributed by atoms with van der Waals surface area (Å²) in [4.78, 5) is 11.5. The Morgan fingerprint density at radius 3 is 2.82 bits per heavy atom. The Hall–Kier alpha value is -2.29. The average Bonchev–Trinajstić information content (AvgIpc) is 2.82. The van der Waals surface area contributed by atoms with Gasteiger partial charge in [-0.25, -0.2) is 4.79 Å². The molecule has 0 spiro atoms. The molecule has 0 atom stereocenters. The molecule has 0 N–H and O–H groups in total. The zero-order valence-corrected chi connectivity index (χ0v) is 9.38. The predicted molar refractivity (Wildman–Crippen MR) is 66.2 cm³/mol. The topological polar surface area (TPSA) is 30.7 Å². The summed E-state index contributed by atoms with van der Waals surface area (Å²) in [5.74, 6) is -0.308. The fraction of sp³-hybridized carbons (Fsp3) is 0.0714. The molecule has 3 nitrogen and oxygen atoms in total. The maximum absolute atomic E-state index is 11.5. The third-order valence-corrected chi connectivity index (χ3v) is 2.90. The Morgan fingerprint density at radius 1 is 1.18 bits per heavy atom. The van der Waals surface area contributed by atoms with Crippen LogP contribution in [-0.2, 0) is 4.74 Å². The number of para-hydroxylation sites is 1. The van der Waals surface area contributed by atoms with E-state index in [1.807, 2.05) is 53.1 Å². The molecule has 2 heterocycles. The van der Waals surface area contributed by atoms with Gasteiger partial charge in [0.15, 0.2) is 0 Å². The minimum atomic E-state index is -0.308. The van der Waals surface area contributed by atoms with Gasteiger partial charge in [0, 0.05) is 11.7 Å². The summed E-state index contributed by atoms with van der Waals surface area (Å²) in [7, 11) is 1.39. The van der Waals surface area contributed by atoms with E-state index in [1.165, 1.54) is 7.11 Å². The number of rotatable bonds is 1. The molecule has 0 aliphatic carbocycles. The van der Waals surface area contributed by atoms with Crippen LogP contribution in [0.3, 0.4) is 0 Å². The van der Waals surface area contributed by atoms with Crippen LogP contribution in [0.5, 0.6) is 0 Å². The molecule has 0 amide bonds. The molecule has 0 radical (unpaired) electrons.